The number of rotatable bonds is 30. The summed E-state index contributed by atoms with van der Waals surface area (Å²) in [5, 5.41) is 9.41. The van der Waals surface area contributed by atoms with E-state index >= 15 is 0 Å². The molecule has 0 bridgehead atoms. The van der Waals surface area contributed by atoms with Crippen LogP contribution in [0.2, 0.25) is 0 Å². The van der Waals surface area contributed by atoms with Gasteiger partial charge in [-0.3, -0.25) is 4.79 Å². The third-order valence-electron chi connectivity index (χ3n) is 7.51. The Kier molecular flexibility index (Phi) is 29.2. The highest BCUT2D eigenvalue weighted by molar-refractivity contribution is 5.77. The molecular weight excluding hydrogens is 472 g/mol. The predicted molar refractivity (Wildman–Crippen MR) is 163 cm³/mol. The largest absolute Gasteiger partial charge is 0.479 e. The van der Waals surface area contributed by atoms with E-state index < -0.39 is 12.1 Å². The third kappa shape index (κ3) is 27.7. The van der Waals surface area contributed by atoms with Gasteiger partial charge >= 0.3 is 11.9 Å². The highest BCUT2D eigenvalue weighted by Gasteiger charge is 2.21. The molecule has 4 heteroatoms. The summed E-state index contributed by atoms with van der Waals surface area (Å²) < 4.78 is 5.25. The maximum atomic E-state index is 12.0. The van der Waals surface area contributed by atoms with E-state index in [9.17, 15) is 14.7 Å². The SMILES string of the molecule is CCCCCC/C=C\CCCC(=O)OC(CCCCCCCCCCCCCCCCCCCC)C(=O)O. The Balaban J connectivity index is 3.54. The van der Waals surface area contributed by atoms with Crippen LogP contribution in [0.5, 0.6) is 0 Å². The van der Waals surface area contributed by atoms with Gasteiger partial charge in [0.25, 0.3) is 0 Å². The summed E-state index contributed by atoms with van der Waals surface area (Å²) in [6.07, 6.45) is 35.4. The van der Waals surface area contributed by atoms with E-state index in [2.05, 4.69) is 26.0 Å². The van der Waals surface area contributed by atoms with Crippen molar-refractivity contribution in [3.8, 4) is 0 Å². The van der Waals surface area contributed by atoms with Crippen molar-refractivity contribution in [1.29, 1.82) is 0 Å². The molecule has 1 atom stereocenters. The standard InChI is InChI=1S/C34H64O4/c1-3-5-7-9-11-13-14-15-16-17-18-19-20-21-23-24-26-28-30-32(34(36)37)38-33(35)31-29-27-25-22-12-10-8-6-4-2/h22,25,32H,3-21,23-24,26-31H2,1-2H3,(H,36,37)/b25-22-. The van der Waals surface area contributed by atoms with Gasteiger partial charge in [0.2, 0.25) is 0 Å². The Morgan fingerprint density at radius 2 is 0.921 bits per heavy atom. The smallest absolute Gasteiger partial charge is 0.345 e. The van der Waals surface area contributed by atoms with Crippen LogP contribution in [0.4, 0.5) is 0 Å². The van der Waals surface area contributed by atoms with Crippen molar-refractivity contribution < 1.29 is 19.4 Å². The van der Waals surface area contributed by atoms with Gasteiger partial charge in [0.1, 0.15) is 0 Å². The van der Waals surface area contributed by atoms with Gasteiger partial charge < -0.3 is 9.84 Å². The predicted octanol–water partition coefficient (Wildman–Crippen LogP) is 11.1. The molecule has 0 aromatic carbocycles. The van der Waals surface area contributed by atoms with Gasteiger partial charge in [-0.2, -0.15) is 0 Å². The number of carbonyl (C=O) groups is 2. The number of hydrogen-bond acceptors (Lipinski definition) is 3. The molecule has 0 saturated carbocycles. The fourth-order valence-electron chi connectivity index (χ4n) is 4.97. The van der Waals surface area contributed by atoms with Crippen LogP contribution in [0.1, 0.15) is 187 Å². The zero-order valence-corrected chi connectivity index (χ0v) is 25.5. The van der Waals surface area contributed by atoms with Crippen molar-refractivity contribution >= 4 is 11.9 Å². The minimum absolute atomic E-state index is 0.295. The van der Waals surface area contributed by atoms with Gasteiger partial charge in [0, 0.05) is 6.42 Å². The number of carbonyl (C=O) groups excluding carboxylic acids is 1. The molecule has 0 aliphatic heterocycles. The summed E-state index contributed by atoms with van der Waals surface area (Å²) in [5.74, 6) is -1.39. The van der Waals surface area contributed by atoms with E-state index in [1.807, 2.05) is 0 Å². The molecule has 0 aliphatic carbocycles. The maximum Gasteiger partial charge on any atom is 0.345 e. The molecule has 0 rings (SSSR count). The molecule has 0 aromatic rings. The minimum Gasteiger partial charge on any atom is -0.479 e. The lowest BCUT2D eigenvalue weighted by Crippen LogP contribution is -2.26. The Labute approximate surface area is 236 Å². The molecule has 0 aromatic heterocycles. The van der Waals surface area contributed by atoms with Crippen molar-refractivity contribution in [2.45, 2.75) is 193 Å². The Morgan fingerprint density at radius 1 is 0.553 bits per heavy atom. The topological polar surface area (TPSA) is 63.6 Å². The molecule has 1 N–H and O–H groups in total. The van der Waals surface area contributed by atoms with Crippen LogP contribution in [0.15, 0.2) is 12.2 Å². The molecule has 0 spiro atoms. The summed E-state index contributed by atoms with van der Waals surface area (Å²) >= 11 is 0. The Hall–Kier alpha value is -1.32. The van der Waals surface area contributed by atoms with Crippen molar-refractivity contribution in [2.24, 2.45) is 0 Å². The number of aliphatic carboxylic acids is 1. The summed E-state index contributed by atoms with van der Waals surface area (Å²) in [5.41, 5.74) is 0. The van der Waals surface area contributed by atoms with Gasteiger partial charge in [0.05, 0.1) is 0 Å². The number of carboxylic acid groups (broad SMARTS) is 1. The number of unbranched alkanes of at least 4 members (excludes halogenated alkanes) is 22. The van der Waals surface area contributed by atoms with Crippen molar-refractivity contribution in [3.63, 3.8) is 0 Å². The van der Waals surface area contributed by atoms with Gasteiger partial charge in [-0.25, -0.2) is 4.79 Å². The quantitative estimate of drug-likeness (QED) is 0.0563. The van der Waals surface area contributed by atoms with E-state index in [1.165, 1.54) is 122 Å². The number of allylic oxidation sites excluding steroid dienone is 2. The first kappa shape index (κ1) is 36.7. The van der Waals surface area contributed by atoms with Crippen LogP contribution in [-0.2, 0) is 14.3 Å². The molecular formula is C34H64O4. The molecule has 38 heavy (non-hydrogen) atoms. The fraction of sp³-hybridized carbons (Fsp3) is 0.882. The van der Waals surface area contributed by atoms with Gasteiger partial charge in [-0.15, -0.1) is 0 Å². The molecule has 4 nitrogen and oxygen atoms in total. The third-order valence-corrected chi connectivity index (χ3v) is 7.51. The van der Waals surface area contributed by atoms with Crippen molar-refractivity contribution in [3.05, 3.63) is 12.2 Å². The van der Waals surface area contributed by atoms with Gasteiger partial charge in [-0.05, 0) is 38.5 Å². The van der Waals surface area contributed by atoms with E-state index in [-0.39, 0.29) is 5.97 Å². The molecule has 0 saturated heterocycles. The molecule has 0 amide bonds. The Bertz CT molecular complexity index is 543. The van der Waals surface area contributed by atoms with Crippen LogP contribution >= 0.6 is 0 Å². The van der Waals surface area contributed by atoms with E-state index in [0.29, 0.717) is 12.8 Å². The Morgan fingerprint density at radius 3 is 1.34 bits per heavy atom. The lowest BCUT2D eigenvalue weighted by Gasteiger charge is -2.13. The normalized spacial score (nSPS) is 12.3. The average molecular weight is 537 g/mol. The fourth-order valence-corrected chi connectivity index (χ4v) is 4.97. The lowest BCUT2D eigenvalue weighted by molar-refractivity contribution is -0.164. The summed E-state index contributed by atoms with van der Waals surface area (Å²) in [4.78, 5) is 23.5. The molecule has 0 heterocycles. The molecule has 224 valence electrons. The molecule has 1 unspecified atom stereocenters. The zero-order chi connectivity index (χ0) is 27.9. The monoisotopic (exact) mass is 536 g/mol. The first-order valence-corrected chi connectivity index (χ1v) is 16.7. The summed E-state index contributed by atoms with van der Waals surface area (Å²) in [6.45, 7) is 4.49. The van der Waals surface area contributed by atoms with Crippen LogP contribution in [0.25, 0.3) is 0 Å². The molecule has 0 aliphatic rings. The number of hydrogen-bond donors (Lipinski definition) is 1. The van der Waals surface area contributed by atoms with Crippen LogP contribution in [0, 0.1) is 0 Å². The zero-order valence-electron chi connectivity index (χ0n) is 25.5. The van der Waals surface area contributed by atoms with E-state index in [0.717, 1.165) is 38.5 Å². The minimum atomic E-state index is -1.02. The van der Waals surface area contributed by atoms with E-state index in [4.69, 9.17) is 4.74 Å². The molecule has 0 radical (unpaired) electrons. The first-order chi connectivity index (χ1) is 18.6. The van der Waals surface area contributed by atoms with E-state index in [1.54, 1.807) is 0 Å². The molecule has 0 fully saturated rings. The van der Waals surface area contributed by atoms with Crippen molar-refractivity contribution in [2.75, 3.05) is 0 Å². The lowest BCUT2D eigenvalue weighted by atomic mass is 10.0. The number of ether oxygens (including phenoxy) is 1. The van der Waals surface area contributed by atoms with Crippen LogP contribution in [-0.4, -0.2) is 23.1 Å². The van der Waals surface area contributed by atoms with Crippen LogP contribution < -0.4 is 0 Å². The van der Waals surface area contributed by atoms with Crippen molar-refractivity contribution in [1.82, 2.24) is 0 Å². The summed E-state index contributed by atoms with van der Waals surface area (Å²) in [6, 6.07) is 0. The first-order valence-electron chi connectivity index (χ1n) is 16.7. The second-order valence-corrected chi connectivity index (χ2v) is 11.3. The average Bonchev–Trinajstić information content (AvgIpc) is 2.90. The second kappa shape index (κ2) is 30.2. The highest BCUT2D eigenvalue weighted by Crippen LogP contribution is 2.16. The maximum absolute atomic E-state index is 12.0. The van der Waals surface area contributed by atoms with Crippen LogP contribution in [0.3, 0.4) is 0 Å². The van der Waals surface area contributed by atoms with Gasteiger partial charge in [0.15, 0.2) is 6.10 Å². The second-order valence-electron chi connectivity index (χ2n) is 11.3. The summed E-state index contributed by atoms with van der Waals surface area (Å²) in [7, 11) is 0. The number of carboxylic acids is 1. The number of esters is 1. The van der Waals surface area contributed by atoms with Gasteiger partial charge in [-0.1, -0.05) is 154 Å². The highest BCUT2D eigenvalue weighted by atomic mass is 16.6.